The van der Waals surface area contributed by atoms with Gasteiger partial charge in [-0.1, -0.05) is 26.2 Å². The van der Waals surface area contributed by atoms with Crippen LogP contribution in [-0.4, -0.2) is 18.6 Å². The van der Waals surface area contributed by atoms with Gasteiger partial charge in [0.05, 0.1) is 6.61 Å². The molecule has 3 nitrogen and oxygen atoms in total. The number of esters is 1. The van der Waals surface area contributed by atoms with Gasteiger partial charge >= 0.3 is 5.97 Å². The molecule has 1 atom stereocenters. The largest absolute Gasteiger partial charge is 0.465 e. The zero-order valence-electron chi connectivity index (χ0n) is 8.29. The molecule has 1 fully saturated rings. The maximum Gasteiger partial charge on any atom is 0.322 e. The number of hydrogen-bond acceptors (Lipinski definition) is 3. The topological polar surface area (TPSA) is 52.3 Å². The summed E-state index contributed by atoms with van der Waals surface area (Å²) in [6.07, 6.45) is 5.28. The quantitative estimate of drug-likeness (QED) is 0.637. The van der Waals surface area contributed by atoms with Crippen LogP contribution in [0.15, 0.2) is 0 Å². The third-order valence-corrected chi connectivity index (χ3v) is 2.37. The SMILES string of the molecule is CCC[C@@H](N)C(=O)OCCC1CC1. The third-order valence-electron chi connectivity index (χ3n) is 2.37. The maximum absolute atomic E-state index is 11.2. The lowest BCUT2D eigenvalue weighted by Gasteiger charge is -2.09. The van der Waals surface area contributed by atoms with Gasteiger partial charge in [0.15, 0.2) is 0 Å². The van der Waals surface area contributed by atoms with E-state index in [9.17, 15) is 4.79 Å². The van der Waals surface area contributed by atoms with Crippen LogP contribution in [-0.2, 0) is 9.53 Å². The summed E-state index contributed by atoms with van der Waals surface area (Å²) < 4.78 is 5.04. The van der Waals surface area contributed by atoms with Gasteiger partial charge < -0.3 is 10.5 Å². The van der Waals surface area contributed by atoms with Gasteiger partial charge in [-0.2, -0.15) is 0 Å². The second-order valence-electron chi connectivity index (χ2n) is 3.79. The van der Waals surface area contributed by atoms with Crippen LogP contribution >= 0.6 is 0 Å². The summed E-state index contributed by atoms with van der Waals surface area (Å²) in [5.41, 5.74) is 5.59. The number of nitrogens with two attached hydrogens (primary N) is 1. The van der Waals surface area contributed by atoms with Crippen molar-refractivity contribution in [1.29, 1.82) is 0 Å². The van der Waals surface area contributed by atoms with E-state index < -0.39 is 6.04 Å². The van der Waals surface area contributed by atoms with E-state index in [1.165, 1.54) is 12.8 Å². The Bertz CT molecular complexity index is 166. The minimum absolute atomic E-state index is 0.234. The van der Waals surface area contributed by atoms with Crippen LogP contribution in [0.3, 0.4) is 0 Å². The van der Waals surface area contributed by atoms with E-state index in [0.717, 1.165) is 25.2 Å². The van der Waals surface area contributed by atoms with Crippen LogP contribution in [0.1, 0.15) is 39.0 Å². The minimum Gasteiger partial charge on any atom is -0.465 e. The van der Waals surface area contributed by atoms with Gasteiger partial charge in [-0.15, -0.1) is 0 Å². The molecular weight excluding hydrogens is 166 g/mol. The van der Waals surface area contributed by atoms with Crippen LogP contribution in [0.5, 0.6) is 0 Å². The van der Waals surface area contributed by atoms with Crippen molar-refractivity contribution in [3.8, 4) is 0 Å². The first-order valence-electron chi connectivity index (χ1n) is 5.16. The average molecular weight is 185 g/mol. The Morgan fingerprint density at radius 2 is 2.31 bits per heavy atom. The van der Waals surface area contributed by atoms with E-state index >= 15 is 0 Å². The second kappa shape index (κ2) is 5.22. The molecule has 2 N–H and O–H groups in total. The highest BCUT2D eigenvalue weighted by atomic mass is 16.5. The fourth-order valence-corrected chi connectivity index (χ4v) is 1.27. The maximum atomic E-state index is 11.2. The Morgan fingerprint density at radius 1 is 1.62 bits per heavy atom. The molecule has 0 radical (unpaired) electrons. The summed E-state index contributed by atoms with van der Waals surface area (Å²) in [4.78, 5) is 11.2. The highest BCUT2D eigenvalue weighted by Crippen LogP contribution is 2.32. The lowest BCUT2D eigenvalue weighted by Crippen LogP contribution is -2.32. The molecule has 0 aliphatic heterocycles. The highest BCUT2D eigenvalue weighted by molar-refractivity contribution is 5.75. The van der Waals surface area contributed by atoms with Crippen LogP contribution in [0, 0.1) is 5.92 Å². The van der Waals surface area contributed by atoms with Crippen LogP contribution < -0.4 is 5.73 Å². The van der Waals surface area contributed by atoms with Gasteiger partial charge in [0, 0.05) is 0 Å². The van der Waals surface area contributed by atoms with Crippen molar-refractivity contribution in [2.24, 2.45) is 11.7 Å². The van der Waals surface area contributed by atoms with Crippen LogP contribution in [0.2, 0.25) is 0 Å². The van der Waals surface area contributed by atoms with Gasteiger partial charge in [-0.3, -0.25) is 4.79 Å². The monoisotopic (exact) mass is 185 g/mol. The Morgan fingerprint density at radius 3 is 2.85 bits per heavy atom. The molecule has 0 aromatic heterocycles. The molecule has 1 aliphatic rings. The first-order valence-corrected chi connectivity index (χ1v) is 5.16. The Labute approximate surface area is 79.6 Å². The fraction of sp³-hybridized carbons (Fsp3) is 0.900. The molecule has 1 aliphatic carbocycles. The van der Waals surface area contributed by atoms with E-state index in [-0.39, 0.29) is 5.97 Å². The van der Waals surface area contributed by atoms with Crippen molar-refractivity contribution in [1.82, 2.24) is 0 Å². The van der Waals surface area contributed by atoms with Gasteiger partial charge in [0.25, 0.3) is 0 Å². The van der Waals surface area contributed by atoms with Gasteiger partial charge in [0.2, 0.25) is 0 Å². The van der Waals surface area contributed by atoms with Gasteiger partial charge in [-0.05, 0) is 18.8 Å². The second-order valence-corrected chi connectivity index (χ2v) is 3.79. The lowest BCUT2D eigenvalue weighted by molar-refractivity contribution is -0.145. The molecule has 13 heavy (non-hydrogen) atoms. The highest BCUT2D eigenvalue weighted by Gasteiger charge is 2.22. The van der Waals surface area contributed by atoms with Crippen molar-refractivity contribution >= 4 is 5.97 Å². The average Bonchev–Trinajstić information content (AvgIpc) is 2.88. The van der Waals surface area contributed by atoms with Crippen molar-refractivity contribution < 1.29 is 9.53 Å². The molecule has 0 unspecified atom stereocenters. The summed E-state index contributed by atoms with van der Waals surface area (Å²) in [5.74, 6) is 0.581. The number of rotatable bonds is 6. The molecule has 76 valence electrons. The van der Waals surface area contributed by atoms with E-state index in [2.05, 4.69) is 0 Å². The third kappa shape index (κ3) is 4.27. The van der Waals surface area contributed by atoms with E-state index in [1.807, 2.05) is 6.92 Å². The Hall–Kier alpha value is -0.570. The molecule has 0 aromatic rings. The molecule has 1 saturated carbocycles. The summed E-state index contributed by atoms with van der Waals surface area (Å²) >= 11 is 0. The molecule has 0 amide bonds. The smallest absolute Gasteiger partial charge is 0.322 e. The number of ether oxygens (including phenoxy) is 1. The van der Waals surface area contributed by atoms with Crippen molar-refractivity contribution in [3.05, 3.63) is 0 Å². The Balaban J connectivity index is 2.01. The predicted octanol–water partition coefficient (Wildman–Crippen LogP) is 1.46. The molecule has 0 bridgehead atoms. The molecule has 3 heteroatoms. The molecule has 1 rings (SSSR count). The number of hydrogen-bond donors (Lipinski definition) is 1. The predicted molar refractivity (Wildman–Crippen MR) is 51.2 cm³/mol. The fourth-order valence-electron chi connectivity index (χ4n) is 1.27. The van der Waals surface area contributed by atoms with Crippen LogP contribution in [0.25, 0.3) is 0 Å². The normalized spacial score (nSPS) is 18.3. The van der Waals surface area contributed by atoms with Gasteiger partial charge in [0.1, 0.15) is 6.04 Å². The van der Waals surface area contributed by atoms with Gasteiger partial charge in [-0.25, -0.2) is 0 Å². The van der Waals surface area contributed by atoms with E-state index in [1.54, 1.807) is 0 Å². The zero-order valence-corrected chi connectivity index (χ0v) is 8.29. The van der Waals surface area contributed by atoms with E-state index in [0.29, 0.717) is 6.61 Å². The lowest BCUT2D eigenvalue weighted by atomic mass is 10.2. The summed E-state index contributed by atoms with van der Waals surface area (Å²) in [5, 5.41) is 0. The zero-order chi connectivity index (χ0) is 9.68. The standard InChI is InChI=1S/C10H19NO2/c1-2-3-9(11)10(12)13-7-6-8-4-5-8/h8-9H,2-7,11H2,1H3/t9-/m1/s1. The minimum atomic E-state index is -0.413. The molecule has 0 aromatic carbocycles. The molecular formula is C10H19NO2. The summed E-state index contributed by atoms with van der Waals surface area (Å²) in [7, 11) is 0. The van der Waals surface area contributed by atoms with E-state index in [4.69, 9.17) is 10.5 Å². The number of carbonyl (C=O) groups excluding carboxylic acids is 1. The molecule has 0 heterocycles. The number of carbonyl (C=O) groups is 1. The molecule has 0 saturated heterocycles. The van der Waals surface area contributed by atoms with Crippen molar-refractivity contribution in [2.45, 2.75) is 45.1 Å². The first-order chi connectivity index (χ1) is 6.24. The summed E-state index contributed by atoms with van der Waals surface area (Å²) in [6.45, 7) is 2.57. The van der Waals surface area contributed by atoms with Crippen LogP contribution in [0.4, 0.5) is 0 Å². The molecule has 0 spiro atoms. The summed E-state index contributed by atoms with van der Waals surface area (Å²) in [6, 6.07) is -0.413. The van der Waals surface area contributed by atoms with Crippen molar-refractivity contribution in [2.75, 3.05) is 6.61 Å². The first kappa shape index (κ1) is 10.5. The Kier molecular flexibility index (Phi) is 4.22. The van der Waals surface area contributed by atoms with Crippen molar-refractivity contribution in [3.63, 3.8) is 0 Å².